The van der Waals surface area contributed by atoms with Gasteiger partial charge in [0.15, 0.2) is 5.78 Å². The molecule has 2 fully saturated rings. The molecule has 2 aromatic carbocycles. The van der Waals surface area contributed by atoms with Crippen LogP contribution < -0.4 is 4.90 Å². The number of allylic oxidation sites excluding steroid dienone is 1. The zero-order valence-corrected chi connectivity index (χ0v) is 18.3. The number of carbonyl (C=O) groups excluding carboxylic acids is 1. The number of benzene rings is 2. The highest BCUT2D eigenvalue weighted by molar-refractivity contribution is 6.14. The minimum absolute atomic E-state index is 0.118. The number of hydrogen-bond donors (Lipinski definition) is 1. The normalized spacial score (nSPS) is 19.7. The number of hydrogen-bond acceptors (Lipinski definition) is 4. The Morgan fingerprint density at radius 2 is 1.65 bits per heavy atom. The maximum Gasteiger partial charge on any atom is 0.187 e. The van der Waals surface area contributed by atoms with E-state index in [1.807, 2.05) is 38.4 Å². The summed E-state index contributed by atoms with van der Waals surface area (Å²) in [6, 6.07) is 14.4. The number of aromatic hydroxyl groups is 1. The molecule has 0 radical (unpaired) electrons. The molecule has 1 saturated carbocycles. The van der Waals surface area contributed by atoms with Crippen molar-refractivity contribution in [2.24, 2.45) is 0 Å². The lowest BCUT2D eigenvalue weighted by atomic mass is 9.93. The number of phenols is 1. The van der Waals surface area contributed by atoms with Crippen LogP contribution in [-0.4, -0.2) is 49.0 Å². The average molecular weight is 415 g/mol. The quantitative estimate of drug-likeness (QED) is 0.550. The van der Waals surface area contributed by atoms with Crippen molar-refractivity contribution < 1.29 is 9.90 Å². The van der Waals surface area contributed by atoms with E-state index in [9.17, 15) is 9.90 Å². The van der Waals surface area contributed by atoms with Gasteiger partial charge in [-0.1, -0.05) is 24.3 Å². The molecule has 0 unspecified atom stereocenters. The van der Waals surface area contributed by atoms with Crippen LogP contribution in [0, 0.1) is 0 Å². The first kappa shape index (κ1) is 21.1. The van der Waals surface area contributed by atoms with Crippen LogP contribution in [0.4, 0.5) is 5.69 Å². The SMILES string of the molecule is C=CCc1cc(/C=C2\CN(C3CC3)C/C(=C\c3ccc(N(C)C)cc3)C2=O)ccc1O. The van der Waals surface area contributed by atoms with Gasteiger partial charge in [0.25, 0.3) is 0 Å². The maximum atomic E-state index is 13.3. The highest BCUT2D eigenvalue weighted by atomic mass is 16.3. The Morgan fingerprint density at radius 1 is 1.03 bits per heavy atom. The predicted molar refractivity (Wildman–Crippen MR) is 128 cm³/mol. The first-order valence-electron chi connectivity index (χ1n) is 10.8. The minimum Gasteiger partial charge on any atom is -0.508 e. The zero-order valence-electron chi connectivity index (χ0n) is 18.3. The van der Waals surface area contributed by atoms with E-state index in [-0.39, 0.29) is 11.5 Å². The predicted octanol–water partition coefficient (Wildman–Crippen LogP) is 4.70. The fraction of sp³-hybridized carbons (Fsp3) is 0.296. The van der Waals surface area contributed by atoms with Crippen LogP contribution in [0.3, 0.4) is 0 Å². The second kappa shape index (κ2) is 8.94. The first-order valence-corrected chi connectivity index (χ1v) is 10.8. The summed E-state index contributed by atoms with van der Waals surface area (Å²) in [5.74, 6) is 0.380. The molecule has 0 bridgehead atoms. The van der Waals surface area contributed by atoms with E-state index in [0.717, 1.165) is 33.5 Å². The number of nitrogens with zero attached hydrogens (tertiary/aromatic N) is 2. The Balaban J connectivity index is 1.65. The fourth-order valence-corrected chi connectivity index (χ4v) is 4.05. The van der Waals surface area contributed by atoms with Gasteiger partial charge in [-0.25, -0.2) is 0 Å². The van der Waals surface area contributed by atoms with Crippen molar-refractivity contribution in [3.05, 3.63) is 83.0 Å². The number of rotatable bonds is 6. The van der Waals surface area contributed by atoms with Crippen molar-refractivity contribution in [3.8, 4) is 5.75 Å². The molecular weight excluding hydrogens is 384 g/mol. The molecule has 1 saturated heterocycles. The van der Waals surface area contributed by atoms with Crippen LogP contribution in [-0.2, 0) is 11.2 Å². The number of anilines is 1. The first-order chi connectivity index (χ1) is 14.9. The Bertz CT molecular complexity index is 1040. The topological polar surface area (TPSA) is 43.8 Å². The van der Waals surface area contributed by atoms with E-state index in [0.29, 0.717) is 25.6 Å². The maximum absolute atomic E-state index is 13.3. The van der Waals surface area contributed by atoms with Gasteiger partial charge in [0.05, 0.1) is 0 Å². The van der Waals surface area contributed by atoms with Gasteiger partial charge in [0.1, 0.15) is 5.75 Å². The number of piperidine rings is 1. The van der Waals surface area contributed by atoms with E-state index in [1.165, 1.54) is 12.8 Å². The van der Waals surface area contributed by atoms with E-state index < -0.39 is 0 Å². The summed E-state index contributed by atoms with van der Waals surface area (Å²) < 4.78 is 0. The van der Waals surface area contributed by atoms with Gasteiger partial charge in [-0.05, 0) is 72.4 Å². The molecule has 1 aliphatic carbocycles. The number of ketones is 1. The van der Waals surface area contributed by atoms with Crippen LogP contribution in [0.15, 0.2) is 66.3 Å². The van der Waals surface area contributed by atoms with Gasteiger partial charge in [0.2, 0.25) is 0 Å². The summed E-state index contributed by atoms with van der Waals surface area (Å²) in [6.45, 7) is 5.14. The highest BCUT2D eigenvalue weighted by Gasteiger charge is 2.35. The van der Waals surface area contributed by atoms with Crippen molar-refractivity contribution in [2.75, 3.05) is 32.1 Å². The molecule has 31 heavy (non-hydrogen) atoms. The molecule has 1 N–H and O–H groups in total. The van der Waals surface area contributed by atoms with Crippen LogP contribution in [0.5, 0.6) is 5.75 Å². The Hall–Kier alpha value is -3.11. The molecular formula is C27H30N2O2. The largest absolute Gasteiger partial charge is 0.508 e. The Labute approximate surface area is 184 Å². The number of phenolic OH excluding ortho intramolecular Hbond substituents is 1. The molecule has 2 aliphatic rings. The molecule has 0 spiro atoms. The third-order valence-corrected chi connectivity index (χ3v) is 5.95. The molecule has 0 aromatic heterocycles. The summed E-state index contributed by atoms with van der Waals surface area (Å²) in [7, 11) is 4.04. The summed E-state index contributed by atoms with van der Waals surface area (Å²) in [5, 5.41) is 10.1. The molecule has 160 valence electrons. The lowest BCUT2D eigenvalue weighted by molar-refractivity contribution is -0.113. The summed E-state index contributed by atoms with van der Waals surface area (Å²) >= 11 is 0. The molecule has 1 aliphatic heterocycles. The van der Waals surface area contributed by atoms with E-state index in [1.54, 1.807) is 12.1 Å². The molecule has 0 atom stereocenters. The zero-order chi connectivity index (χ0) is 22.0. The van der Waals surface area contributed by atoms with Crippen LogP contribution in [0.2, 0.25) is 0 Å². The van der Waals surface area contributed by atoms with Crippen LogP contribution in [0.25, 0.3) is 12.2 Å². The van der Waals surface area contributed by atoms with Gasteiger partial charge >= 0.3 is 0 Å². The molecule has 1 heterocycles. The summed E-state index contributed by atoms with van der Waals surface area (Å²) in [4.78, 5) is 17.8. The van der Waals surface area contributed by atoms with E-state index in [2.05, 4.69) is 40.6 Å². The minimum atomic E-state index is 0.118. The Kier molecular flexibility index (Phi) is 6.10. The van der Waals surface area contributed by atoms with Gasteiger partial charge in [-0.15, -0.1) is 6.58 Å². The molecule has 4 heteroatoms. The second-order valence-electron chi connectivity index (χ2n) is 8.67. The third-order valence-electron chi connectivity index (χ3n) is 5.95. The van der Waals surface area contributed by atoms with Crippen molar-refractivity contribution in [1.82, 2.24) is 4.90 Å². The third kappa shape index (κ3) is 4.97. The van der Waals surface area contributed by atoms with E-state index in [4.69, 9.17) is 0 Å². The fourth-order valence-electron chi connectivity index (χ4n) is 4.05. The average Bonchev–Trinajstić information content (AvgIpc) is 3.59. The number of likely N-dealkylation sites (tertiary alicyclic amines) is 1. The number of carbonyl (C=O) groups is 1. The highest BCUT2D eigenvalue weighted by Crippen LogP contribution is 2.33. The monoisotopic (exact) mass is 414 g/mol. The van der Waals surface area contributed by atoms with E-state index >= 15 is 0 Å². The summed E-state index contributed by atoms with van der Waals surface area (Å²) in [6.07, 6.45) is 8.79. The standard InChI is InChI=1S/C27H30N2O2/c1-4-5-21-15-20(8-13-26(21)30)16-23-18-29(25-11-12-25)17-22(27(23)31)14-19-6-9-24(10-7-19)28(2)3/h4,6-10,13-16,25,30H,1,5,11-12,17-18H2,2-3H3/b22-14+,23-16+. The molecule has 4 rings (SSSR count). The van der Waals surface area contributed by atoms with Crippen LogP contribution in [0.1, 0.15) is 29.5 Å². The second-order valence-corrected chi connectivity index (χ2v) is 8.67. The Morgan fingerprint density at radius 3 is 2.23 bits per heavy atom. The lowest BCUT2D eigenvalue weighted by Crippen LogP contribution is -2.39. The molecule has 2 aromatic rings. The van der Waals surface area contributed by atoms with Gasteiger partial charge in [0, 0.05) is 50.1 Å². The summed E-state index contributed by atoms with van der Waals surface area (Å²) in [5.41, 5.74) is 5.59. The van der Waals surface area contributed by atoms with Crippen molar-refractivity contribution in [3.63, 3.8) is 0 Å². The van der Waals surface area contributed by atoms with Gasteiger partial charge in [-0.2, -0.15) is 0 Å². The van der Waals surface area contributed by atoms with Crippen molar-refractivity contribution in [1.29, 1.82) is 0 Å². The lowest BCUT2D eigenvalue weighted by Gasteiger charge is -2.29. The smallest absolute Gasteiger partial charge is 0.187 e. The van der Waals surface area contributed by atoms with Crippen LogP contribution >= 0.6 is 0 Å². The van der Waals surface area contributed by atoms with Gasteiger partial charge in [-0.3, -0.25) is 9.69 Å². The van der Waals surface area contributed by atoms with Crippen molar-refractivity contribution in [2.45, 2.75) is 25.3 Å². The number of Topliss-reactive ketones (excluding diaryl/α,β-unsaturated/α-hetero) is 1. The molecule has 0 amide bonds. The van der Waals surface area contributed by atoms with Crippen molar-refractivity contribution >= 4 is 23.6 Å². The van der Waals surface area contributed by atoms with Gasteiger partial charge < -0.3 is 10.0 Å². The molecule has 4 nitrogen and oxygen atoms in total.